The maximum atomic E-state index is 12.1. The van der Waals surface area contributed by atoms with Crippen LogP contribution in [0.25, 0.3) is 32.0 Å². The molecule has 0 saturated heterocycles. The zero-order valence-corrected chi connectivity index (χ0v) is 22.4. The molecule has 0 fully saturated rings. The van der Waals surface area contributed by atoms with Gasteiger partial charge in [-0.3, -0.25) is 5.32 Å². The summed E-state index contributed by atoms with van der Waals surface area (Å²) in [7, 11) is 1.56. The van der Waals surface area contributed by atoms with Crippen molar-refractivity contribution < 1.29 is 19.0 Å². The molecule has 0 spiro atoms. The van der Waals surface area contributed by atoms with Crippen molar-refractivity contribution in [1.82, 2.24) is 29.9 Å². The molecule has 0 bridgehead atoms. The topological polar surface area (TPSA) is 134 Å². The SMILES string of the molecule is COc1cnc2c(-c3nc4c(C)cc(OC[C@@H](C)OC(=O)Nc5cnc(Cl)nc5)nc4s3)cc(C)cc2n1. The van der Waals surface area contributed by atoms with Crippen LogP contribution in [0.3, 0.4) is 0 Å². The number of thiazole rings is 1. The molecule has 4 heterocycles. The molecule has 5 aromatic rings. The minimum Gasteiger partial charge on any atom is -0.480 e. The minimum atomic E-state index is -0.662. The first kappa shape index (κ1) is 25.5. The molecule has 13 heteroatoms. The first-order chi connectivity index (χ1) is 18.3. The lowest BCUT2D eigenvalue weighted by atomic mass is 10.1. The molecule has 0 saturated carbocycles. The standard InChI is InChI=1S/C25H22ClN7O4S/c1-12-5-16(21-17(6-12)31-19(35-4)10-27-21)22-33-20-13(2)7-18(32-23(20)38-22)36-11-14(3)37-25(34)30-15-8-28-24(26)29-9-15/h5-10,14H,11H2,1-4H3,(H,30,34)/t14-/m1/s1. The molecule has 4 aromatic heterocycles. The van der Waals surface area contributed by atoms with Crippen molar-refractivity contribution in [2.24, 2.45) is 0 Å². The normalized spacial score (nSPS) is 11.9. The third kappa shape index (κ3) is 5.55. The van der Waals surface area contributed by atoms with Crippen LogP contribution in [-0.2, 0) is 4.74 Å². The van der Waals surface area contributed by atoms with Gasteiger partial charge in [0.15, 0.2) is 0 Å². The maximum Gasteiger partial charge on any atom is 0.412 e. The van der Waals surface area contributed by atoms with Crippen LogP contribution in [0, 0.1) is 13.8 Å². The first-order valence-electron chi connectivity index (χ1n) is 11.5. The van der Waals surface area contributed by atoms with E-state index in [1.54, 1.807) is 20.2 Å². The monoisotopic (exact) mass is 551 g/mol. The van der Waals surface area contributed by atoms with E-state index in [4.69, 9.17) is 30.8 Å². The van der Waals surface area contributed by atoms with Crippen LogP contribution in [0.15, 0.2) is 36.8 Å². The van der Waals surface area contributed by atoms with Crippen molar-refractivity contribution in [3.05, 3.63) is 53.2 Å². The number of carbonyl (C=O) groups excluding carboxylic acids is 1. The van der Waals surface area contributed by atoms with Crippen LogP contribution < -0.4 is 14.8 Å². The maximum absolute atomic E-state index is 12.1. The fourth-order valence-electron chi connectivity index (χ4n) is 3.67. The lowest BCUT2D eigenvalue weighted by molar-refractivity contribution is 0.0842. The molecule has 11 nitrogen and oxygen atoms in total. The van der Waals surface area contributed by atoms with Gasteiger partial charge in [-0.15, -0.1) is 0 Å². The van der Waals surface area contributed by atoms with Crippen LogP contribution in [0.2, 0.25) is 5.28 Å². The minimum absolute atomic E-state index is 0.0834. The van der Waals surface area contributed by atoms with E-state index < -0.39 is 12.2 Å². The van der Waals surface area contributed by atoms with E-state index in [0.717, 1.165) is 43.1 Å². The third-order valence-electron chi connectivity index (χ3n) is 5.38. The highest BCUT2D eigenvalue weighted by Crippen LogP contribution is 2.36. The number of halogens is 1. The van der Waals surface area contributed by atoms with Gasteiger partial charge in [0.05, 0.1) is 42.4 Å². The van der Waals surface area contributed by atoms with Crippen molar-refractivity contribution in [3.63, 3.8) is 0 Å². The lowest BCUT2D eigenvalue weighted by Crippen LogP contribution is -2.25. The van der Waals surface area contributed by atoms with E-state index >= 15 is 0 Å². The van der Waals surface area contributed by atoms with Gasteiger partial charge in [0.25, 0.3) is 0 Å². The first-order valence-corrected chi connectivity index (χ1v) is 12.7. The Morgan fingerprint density at radius 3 is 2.58 bits per heavy atom. The molecule has 0 unspecified atom stereocenters. The number of fused-ring (bicyclic) bond motifs is 2. The van der Waals surface area contributed by atoms with Gasteiger partial charge in [0.2, 0.25) is 17.0 Å². The number of methoxy groups -OCH3 is 1. The van der Waals surface area contributed by atoms with E-state index in [-0.39, 0.29) is 11.9 Å². The summed E-state index contributed by atoms with van der Waals surface area (Å²) in [5.41, 5.74) is 5.42. The Bertz CT molecular complexity index is 1650. The number of nitrogens with one attached hydrogen (secondary N) is 1. The molecule has 0 aliphatic heterocycles. The summed E-state index contributed by atoms with van der Waals surface area (Å²) in [5.74, 6) is 0.859. The fourth-order valence-corrected chi connectivity index (χ4v) is 4.79. The van der Waals surface area contributed by atoms with Crippen LogP contribution in [-0.4, -0.2) is 55.8 Å². The van der Waals surface area contributed by atoms with Crippen molar-refractivity contribution in [2.45, 2.75) is 26.9 Å². The van der Waals surface area contributed by atoms with E-state index in [1.807, 2.05) is 32.0 Å². The number of aryl methyl sites for hydroxylation is 2. The van der Waals surface area contributed by atoms with Crippen LogP contribution in [0.1, 0.15) is 18.1 Å². The number of carbonyl (C=O) groups is 1. The number of aromatic nitrogens is 6. The number of hydrogen-bond donors (Lipinski definition) is 1. The van der Waals surface area contributed by atoms with Crippen LogP contribution in [0.5, 0.6) is 11.8 Å². The van der Waals surface area contributed by atoms with Gasteiger partial charge < -0.3 is 14.2 Å². The van der Waals surface area contributed by atoms with E-state index in [1.165, 1.54) is 23.7 Å². The molecule has 0 aliphatic rings. The lowest BCUT2D eigenvalue weighted by Gasteiger charge is -2.14. The summed E-state index contributed by atoms with van der Waals surface area (Å²) < 4.78 is 16.4. The van der Waals surface area contributed by atoms with Gasteiger partial charge in [-0.05, 0) is 55.6 Å². The Kier molecular flexibility index (Phi) is 7.16. The highest BCUT2D eigenvalue weighted by Gasteiger charge is 2.17. The second kappa shape index (κ2) is 10.7. The molecule has 1 amide bonds. The molecule has 5 rings (SSSR count). The van der Waals surface area contributed by atoms with E-state index in [9.17, 15) is 4.79 Å². The van der Waals surface area contributed by atoms with Gasteiger partial charge in [-0.2, -0.15) is 0 Å². The molecule has 1 N–H and O–H groups in total. The van der Waals surface area contributed by atoms with Gasteiger partial charge in [0, 0.05) is 11.6 Å². The summed E-state index contributed by atoms with van der Waals surface area (Å²) in [6, 6.07) is 5.81. The Hall–Kier alpha value is -4.16. The molecular weight excluding hydrogens is 530 g/mol. The predicted molar refractivity (Wildman–Crippen MR) is 144 cm³/mol. The van der Waals surface area contributed by atoms with Crippen molar-refractivity contribution in [3.8, 4) is 22.3 Å². The molecule has 0 aliphatic carbocycles. The largest absolute Gasteiger partial charge is 0.480 e. The quantitative estimate of drug-likeness (QED) is 0.262. The summed E-state index contributed by atoms with van der Waals surface area (Å²) >= 11 is 7.09. The van der Waals surface area contributed by atoms with E-state index in [0.29, 0.717) is 17.4 Å². The second-order valence-electron chi connectivity index (χ2n) is 8.44. The average molecular weight is 552 g/mol. The molecule has 1 aromatic carbocycles. The van der Waals surface area contributed by atoms with Gasteiger partial charge in [-0.1, -0.05) is 11.3 Å². The number of ether oxygens (including phenoxy) is 3. The molecule has 0 radical (unpaired) electrons. The number of pyridine rings is 1. The number of amides is 1. The molecule has 194 valence electrons. The highest BCUT2D eigenvalue weighted by atomic mass is 35.5. The van der Waals surface area contributed by atoms with E-state index in [2.05, 4.69) is 30.2 Å². The second-order valence-corrected chi connectivity index (χ2v) is 9.75. The van der Waals surface area contributed by atoms with Crippen molar-refractivity contribution in [1.29, 1.82) is 0 Å². The van der Waals surface area contributed by atoms with Crippen LogP contribution in [0.4, 0.5) is 10.5 Å². The van der Waals surface area contributed by atoms with Gasteiger partial charge in [0.1, 0.15) is 28.1 Å². The molecule has 38 heavy (non-hydrogen) atoms. The van der Waals surface area contributed by atoms with Crippen molar-refractivity contribution in [2.75, 3.05) is 19.0 Å². The fraction of sp³-hybridized carbons (Fsp3) is 0.240. The number of anilines is 1. The smallest absolute Gasteiger partial charge is 0.412 e. The zero-order chi connectivity index (χ0) is 26.8. The predicted octanol–water partition coefficient (Wildman–Crippen LogP) is 5.39. The number of nitrogens with zero attached hydrogens (tertiary/aromatic N) is 6. The number of benzene rings is 1. The summed E-state index contributed by atoms with van der Waals surface area (Å²) in [5, 5.41) is 3.40. The van der Waals surface area contributed by atoms with Gasteiger partial charge in [-0.25, -0.2) is 34.7 Å². The van der Waals surface area contributed by atoms with Crippen molar-refractivity contribution >= 4 is 56.1 Å². The zero-order valence-electron chi connectivity index (χ0n) is 20.9. The summed E-state index contributed by atoms with van der Waals surface area (Å²) in [4.78, 5) is 39.0. The number of hydrogen-bond acceptors (Lipinski definition) is 11. The third-order valence-corrected chi connectivity index (χ3v) is 6.56. The Labute approximate surface area is 226 Å². The summed E-state index contributed by atoms with van der Waals surface area (Å²) in [6.45, 7) is 5.77. The van der Waals surface area contributed by atoms with Gasteiger partial charge >= 0.3 is 6.09 Å². The Morgan fingerprint density at radius 1 is 1.03 bits per heavy atom. The molecular formula is C25H22ClN7O4S. The average Bonchev–Trinajstić information content (AvgIpc) is 3.32. The Morgan fingerprint density at radius 2 is 1.82 bits per heavy atom. The molecule has 1 atom stereocenters. The highest BCUT2D eigenvalue weighted by molar-refractivity contribution is 7.21. The summed E-state index contributed by atoms with van der Waals surface area (Å²) in [6.07, 6.45) is 3.14. The number of rotatable bonds is 7. The Balaban J connectivity index is 1.31. The van der Waals surface area contributed by atoms with Crippen LogP contribution >= 0.6 is 22.9 Å².